The lowest BCUT2D eigenvalue weighted by Crippen LogP contribution is -2.01. The molecule has 0 saturated carbocycles. The van der Waals surface area contributed by atoms with E-state index in [1.54, 1.807) is 0 Å². The van der Waals surface area contributed by atoms with Crippen LogP contribution in [0.5, 0.6) is 0 Å². The van der Waals surface area contributed by atoms with Gasteiger partial charge < -0.3 is 16.0 Å². The maximum Gasteiger partial charge on any atom is 0.223 e. The molecule has 3 aromatic rings. The van der Waals surface area contributed by atoms with E-state index < -0.39 is 0 Å². The van der Waals surface area contributed by atoms with Gasteiger partial charge in [-0.25, -0.2) is 0 Å². The Balaban J connectivity index is 2.31. The van der Waals surface area contributed by atoms with Crippen molar-refractivity contribution in [1.29, 1.82) is 0 Å². The zero-order valence-electron chi connectivity index (χ0n) is 10.3. The Morgan fingerprint density at radius 1 is 1.16 bits per heavy atom. The van der Waals surface area contributed by atoms with E-state index in [1.165, 1.54) is 0 Å². The fraction of sp³-hybridized carbons (Fsp3) is 0.0769. The van der Waals surface area contributed by atoms with Crippen LogP contribution in [0.1, 0.15) is 0 Å². The lowest BCUT2D eigenvalue weighted by molar-refractivity contribution is 0.955. The zero-order chi connectivity index (χ0) is 13.6. The van der Waals surface area contributed by atoms with E-state index in [2.05, 4.69) is 9.97 Å². The molecule has 0 aliphatic carbocycles. The fourth-order valence-electron chi connectivity index (χ4n) is 2.16. The van der Waals surface area contributed by atoms with Gasteiger partial charge in [0.25, 0.3) is 0 Å². The van der Waals surface area contributed by atoms with Crippen LogP contribution in [0.4, 0.5) is 11.8 Å². The van der Waals surface area contributed by atoms with Crippen molar-refractivity contribution < 1.29 is 0 Å². The third-order valence-corrected chi connectivity index (χ3v) is 3.29. The van der Waals surface area contributed by atoms with Crippen LogP contribution in [-0.4, -0.2) is 14.5 Å². The molecule has 1 aromatic carbocycles. The van der Waals surface area contributed by atoms with Gasteiger partial charge in [-0.1, -0.05) is 23.7 Å². The summed E-state index contributed by atoms with van der Waals surface area (Å²) in [4.78, 5) is 8.19. The van der Waals surface area contributed by atoms with Crippen molar-refractivity contribution in [3.63, 3.8) is 0 Å². The maximum atomic E-state index is 6.02. The summed E-state index contributed by atoms with van der Waals surface area (Å²) in [5.74, 6) is 0.551. The molecule has 0 spiro atoms. The molecule has 19 heavy (non-hydrogen) atoms. The highest BCUT2D eigenvalue weighted by molar-refractivity contribution is 6.30. The van der Waals surface area contributed by atoms with E-state index >= 15 is 0 Å². The van der Waals surface area contributed by atoms with Gasteiger partial charge in [-0.2, -0.15) is 9.97 Å². The van der Waals surface area contributed by atoms with Gasteiger partial charge in [-0.05, 0) is 23.8 Å². The number of halogens is 1. The SMILES string of the molecule is Cn1c(-c2cccc(Cl)c2)cc2c(N)nc(N)nc21. The number of anilines is 2. The first kappa shape index (κ1) is 11.8. The molecular formula is C13H12ClN5. The largest absolute Gasteiger partial charge is 0.383 e. The number of nitrogens with zero attached hydrogens (tertiary/aromatic N) is 3. The summed E-state index contributed by atoms with van der Waals surface area (Å²) < 4.78 is 1.93. The van der Waals surface area contributed by atoms with E-state index in [1.807, 2.05) is 41.9 Å². The van der Waals surface area contributed by atoms with Crippen molar-refractivity contribution in [2.24, 2.45) is 7.05 Å². The van der Waals surface area contributed by atoms with Crippen LogP contribution < -0.4 is 11.5 Å². The predicted octanol–water partition coefficient (Wildman–Crippen LogP) is 2.45. The number of nitrogens with two attached hydrogens (primary N) is 2. The number of nitrogen functional groups attached to an aromatic ring is 2. The normalized spacial score (nSPS) is 11.1. The minimum atomic E-state index is 0.170. The predicted molar refractivity (Wildman–Crippen MR) is 77.8 cm³/mol. The summed E-state index contributed by atoms with van der Waals surface area (Å²) in [6.07, 6.45) is 0. The average molecular weight is 274 g/mol. The van der Waals surface area contributed by atoms with Crippen LogP contribution in [0.15, 0.2) is 30.3 Å². The van der Waals surface area contributed by atoms with Gasteiger partial charge in [-0.15, -0.1) is 0 Å². The van der Waals surface area contributed by atoms with Gasteiger partial charge in [0.05, 0.1) is 11.1 Å². The van der Waals surface area contributed by atoms with Crippen LogP contribution in [0.3, 0.4) is 0 Å². The Morgan fingerprint density at radius 2 is 1.95 bits per heavy atom. The third-order valence-electron chi connectivity index (χ3n) is 3.05. The number of benzene rings is 1. The number of rotatable bonds is 1. The van der Waals surface area contributed by atoms with Crippen LogP contribution in [0, 0.1) is 0 Å². The number of hydrogen-bond acceptors (Lipinski definition) is 4. The molecule has 4 N–H and O–H groups in total. The van der Waals surface area contributed by atoms with Crippen molar-refractivity contribution in [2.45, 2.75) is 0 Å². The lowest BCUT2D eigenvalue weighted by atomic mass is 10.1. The Morgan fingerprint density at radius 3 is 2.68 bits per heavy atom. The molecule has 6 heteroatoms. The molecule has 2 heterocycles. The summed E-state index contributed by atoms with van der Waals surface area (Å²) in [6.45, 7) is 0. The molecule has 0 aliphatic rings. The quantitative estimate of drug-likeness (QED) is 0.713. The smallest absolute Gasteiger partial charge is 0.223 e. The van der Waals surface area contributed by atoms with Crippen molar-refractivity contribution in [3.05, 3.63) is 35.4 Å². The van der Waals surface area contributed by atoms with Crippen LogP contribution in [-0.2, 0) is 7.05 Å². The minimum absolute atomic E-state index is 0.170. The van der Waals surface area contributed by atoms with E-state index in [0.717, 1.165) is 16.6 Å². The maximum absolute atomic E-state index is 6.02. The Bertz CT molecular complexity index is 778. The summed E-state index contributed by atoms with van der Waals surface area (Å²) in [5, 5.41) is 1.47. The Labute approximate surface area is 114 Å². The van der Waals surface area contributed by atoms with Crippen molar-refractivity contribution in [3.8, 4) is 11.3 Å². The summed E-state index contributed by atoms with van der Waals surface area (Å²) in [5.41, 5.74) is 14.2. The number of fused-ring (bicyclic) bond motifs is 1. The first-order chi connectivity index (χ1) is 9.06. The second-order valence-electron chi connectivity index (χ2n) is 4.30. The molecule has 0 saturated heterocycles. The number of hydrogen-bond donors (Lipinski definition) is 2. The number of aryl methyl sites for hydroxylation is 1. The first-order valence-corrected chi connectivity index (χ1v) is 6.08. The second-order valence-corrected chi connectivity index (χ2v) is 4.74. The highest BCUT2D eigenvalue weighted by Gasteiger charge is 2.13. The van der Waals surface area contributed by atoms with Crippen LogP contribution in [0.2, 0.25) is 5.02 Å². The molecule has 0 atom stereocenters. The standard InChI is InChI=1S/C13H12ClN5/c1-19-10(7-3-2-4-8(14)5-7)6-9-11(15)17-13(16)18-12(9)19/h2-6H,1H3,(H4,15,16,17,18). The first-order valence-electron chi connectivity index (χ1n) is 5.70. The molecule has 96 valence electrons. The molecule has 0 radical (unpaired) electrons. The highest BCUT2D eigenvalue weighted by atomic mass is 35.5. The molecule has 0 aliphatic heterocycles. The molecule has 5 nitrogen and oxygen atoms in total. The summed E-state index contributed by atoms with van der Waals surface area (Å²) in [6, 6.07) is 9.55. The van der Waals surface area contributed by atoms with Crippen LogP contribution in [0.25, 0.3) is 22.3 Å². The molecule has 3 rings (SSSR count). The Kier molecular flexibility index (Phi) is 2.57. The van der Waals surface area contributed by atoms with Crippen LogP contribution >= 0.6 is 11.6 Å². The van der Waals surface area contributed by atoms with Gasteiger partial charge in [0.15, 0.2) is 0 Å². The van der Waals surface area contributed by atoms with E-state index in [0.29, 0.717) is 16.5 Å². The van der Waals surface area contributed by atoms with E-state index in [9.17, 15) is 0 Å². The van der Waals surface area contributed by atoms with Crippen molar-refractivity contribution in [2.75, 3.05) is 11.5 Å². The second kappa shape index (κ2) is 4.13. The third kappa shape index (κ3) is 1.88. The molecular weight excluding hydrogens is 262 g/mol. The summed E-state index contributed by atoms with van der Waals surface area (Å²) >= 11 is 6.02. The van der Waals surface area contributed by atoms with E-state index in [-0.39, 0.29) is 5.95 Å². The minimum Gasteiger partial charge on any atom is -0.383 e. The zero-order valence-corrected chi connectivity index (χ0v) is 11.0. The highest BCUT2D eigenvalue weighted by Crippen LogP contribution is 2.30. The molecule has 0 fully saturated rings. The van der Waals surface area contributed by atoms with E-state index in [4.69, 9.17) is 23.1 Å². The average Bonchev–Trinajstić information content (AvgIpc) is 2.68. The van der Waals surface area contributed by atoms with Crippen molar-refractivity contribution in [1.82, 2.24) is 14.5 Å². The number of aromatic nitrogens is 3. The van der Waals surface area contributed by atoms with Gasteiger partial charge in [0, 0.05) is 12.1 Å². The van der Waals surface area contributed by atoms with Gasteiger partial charge in [0.1, 0.15) is 11.5 Å². The lowest BCUT2D eigenvalue weighted by Gasteiger charge is -2.04. The van der Waals surface area contributed by atoms with Gasteiger partial charge in [-0.3, -0.25) is 0 Å². The molecule has 0 amide bonds. The molecule has 0 bridgehead atoms. The Hall–Kier alpha value is -2.27. The topological polar surface area (TPSA) is 82.8 Å². The monoisotopic (exact) mass is 273 g/mol. The fourth-order valence-corrected chi connectivity index (χ4v) is 2.35. The molecule has 0 unspecified atom stereocenters. The van der Waals surface area contributed by atoms with Crippen molar-refractivity contribution >= 4 is 34.4 Å². The summed E-state index contributed by atoms with van der Waals surface area (Å²) in [7, 11) is 1.91. The van der Waals surface area contributed by atoms with Gasteiger partial charge >= 0.3 is 0 Å². The molecule has 2 aromatic heterocycles. The van der Waals surface area contributed by atoms with Gasteiger partial charge in [0.2, 0.25) is 5.95 Å².